The Labute approximate surface area is 254 Å². The van der Waals surface area contributed by atoms with Gasteiger partial charge in [0.05, 0.1) is 6.61 Å². The Morgan fingerprint density at radius 2 is 1.72 bits per heavy atom. The van der Waals surface area contributed by atoms with Gasteiger partial charge < -0.3 is 25.2 Å². The molecule has 0 radical (unpaired) electrons. The number of halogens is 1. The van der Waals surface area contributed by atoms with Crippen molar-refractivity contribution in [3.63, 3.8) is 0 Å². The van der Waals surface area contributed by atoms with E-state index < -0.39 is 48.9 Å². The highest BCUT2D eigenvalue weighted by molar-refractivity contribution is 5.96. The molecule has 0 aliphatic carbocycles. The van der Waals surface area contributed by atoms with Crippen LogP contribution in [-0.2, 0) is 14.3 Å². The number of allylic oxidation sites excluding steroid dienone is 2. The molecule has 0 saturated carbocycles. The van der Waals surface area contributed by atoms with Crippen molar-refractivity contribution in [1.82, 2.24) is 14.5 Å². The summed E-state index contributed by atoms with van der Waals surface area (Å²) in [6, 6.07) is 0.703. The normalized spacial score (nSPS) is 23.8. The zero-order valence-electron chi connectivity index (χ0n) is 25.7. The van der Waals surface area contributed by atoms with Crippen LogP contribution in [-0.4, -0.2) is 74.1 Å². The number of amides is 2. The summed E-state index contributed by atoms with van der Waals surface area (Å²) >= 11 is 0. The number of ether oxygens (including phenoxy) is 1. The molecule has 2 fully saturated rings. The molecular formula is C32H51FN4O6. The van der Waals surface area contributed by atoms with E-state index >= 15 is 0 Å². The first-order valence-corrected chi connectivity index (χ1v) is 16.3. The van der Waals surface area contributed by atoms with Gasteiger partial charge in [0.15, 0.2) is 12.4 Å². The summed E-state index contributed by atoms with van der Waals surface area (Å²) in [7, 11) is 0. The fraction of sp³-hybridized carbons (Fsp3) is 0.750. The van der Waals surface area contributed by atoms with E-state index in [-0.39, 0.29) is 11.7 Å². The number of rotatable bonds is 19. The molecule has 2 saturated heterocycles. The van der Waals surface area contributed by atoms with Crippen LogP contribution in [0.5, 0.6) is 0 Å². The van der Waals surface area contributed by atoms with Crippen LogP contribution >= 0.6 is 0 Å². The van der Waals surface area contributed by atoms with Gasteiger partial charge in [-0.2, -0.15) is 4.98 Å². The fourth-order valence-electron chi connectivity index (χ4n) is 5.79. The first-order chi connectivity index (χ1) is 20.9. The summed E-state index contributed by atoms with van der Waals surface area (Å²) in [5.41, 5.74) is -0.875. The lowest BCUT2D eigenvalue weighted by Gasteiger charge is -2.24. The second-order valence-corrected chi connectivity index (χ2v) is 11.8. The van der Waals surface area contributed by atoms with Crippen LogP contribution < -0.4 is 11.0 Å². The Kier molecular flexibility index (Phi) is 15.3. The third-order valence-corrected chi connectivity index (χ3v) is 8.36. The first-order valence-electron chi connectivity index (χ1n) is 16.3. The van der Waals surface area contributed by atoms with Crippen LogP contribution in [0.2, 0.25) is 0 Å². The van der Waals surface area contributed by atoms with Crippen LogP contribution in [0.25, 0.3) is 0 Å². The number of nitrogens with one attached hydrogen (secondary N) is 1. The molecular weight excluding hydrogens is 555 g/mol. The number of aliphatic hydroxyl groups excluding tert-OH is 2. The minimum Gasteiger partial charge on any atom is -0.394 e. The smallest absolute Gasteiger partial charge is 0.351 e. The standard InChI is InChI=1S/C32H51FN4O6/c1-2-3-4-5-6-7-8-9-10-11-12-13-14-15-16-19-27(39)36-21-17-18-24(36)30(41)34-26-20-22-37(32(42)35-26)31-28(33)29(40)25(23-38)43-31/h9-10,20,22,24-25,28-29,31,38,40H,2-8,11-19,21,23H2,1H3,(H,34,35,41,42). The number of nitrogens with zero attached hydrogens (tertiary/aromatic N) is 3. The van der Waals surface area contributed by atoms with Gasteiger partial charge in [0.2, 0.25) is 11.8 Å². The largest absolute Gasteiger partial charge is 0.394 e. The van der Waals surface area contributed by atoms with Gasteiger partial charge in [-0.05, 0) is 51.0 Å². The van der Waals surface area contributed by atoms with Crippen molar-refractivity contribution in [1.29, 1.82) is 0 Å². The molecule has 43 heavy (non-hydrogen) atoms. The Morgan fingerprint density at radius 3 is 2.35 bits per heavy atom. The van der Waals surface area contributed by atoms with E-state index in [1.165, 1.54) is 63.6 Å². The molecule has 3 rings (SSSR count). The number of likely N-dealkylation sites (tertiary alicyclic amines) is 1. The average molecular weight is 607 g/mol. The Morgan fingerprint density at radius 1 is 1.07 bits per heavy atom. The summed E-state index contributed by atoms with van der Waals surface area (Å²) in [5, 5.41) is 21.6. The van der Waals surface area contributed by atoms with Gasteiger partial charge in [0.25, 0.3) is 0 Å². The number of carbonyl (C=O) groups is 2. The molecule has 5 atom stereocenters. The third kappa shape index (κ3) is 10.8. The monoisotopic (exact) mass is 606 g/mol. The van der Waals surface area contributed by atoms with E-state index in [1.54, 1.807) is 4.90 Å². The van der Waals surface area contributed by atoms with Crippen molar-refractivity contribution in [3.05, 3.63) is 34.9 Å². The van der Waals surface area contributed by atoms with Crippen molar-refractivity contribution >= 4 is 17.6 Å². The molecule has 10 nitrogen and oxygen atoms in total. The van der Waals surface area contributed by atoms with Crippen LogP contribution in [0.3, 0.4) is 0 Å². The molecule has 11 heteroatoms. The molecule has 5 unspecified atom stereocenters. The summed E-state index contributed by atoms with van der Waals surface area (Å²) in [5.74, 6) is -0.477. The van der Waals surface area contributed by atoms with Crippen LogP contribution in [0.1, 0.15) is 116 Å². The number of aromatic nitrogens is 2. The molecule has 1 aromatic rings. The fourth-order valence-corrected chi connectivity index (χ4v) is 5.79. The van der Waals surface area contributed by atoms with E-state index in [0.29, 0.717) is 19.4 Å². The number of aliphatic hydroxyl groups is 2. The van der Waals surface area contributed by atoms with Crippen LogP contribution in [0.15, 0.2) is 29.2 Å². The van der Waals surface area contributed by atoms with E-state index in [1.807, 2.05) is 0 Å². The van der Waals surface area contributed by atoms with Crippen molar-refractivity contribution in [3.8, 4) is 0 Å². The van der Waals surface area contributed by atoms with Gasteiger partial charge in [-0.3, -0.25) is 14.2 Å². The molecule has 2 aliphatic heterocycles. The quantitative estimate of drug-likeness (QED) is 0.152. The number of hydrogen-bond acceptors (Lipinski definition) is 7. The van der Waals surface area contributed by atoms with Crippen molar-refractivity contribution in [2.24, 2.45) is 0 Å². The maximum atomic E-state index is 14.4. The first kappa shape index (κ1) is 34.9. The zero-order chi connectivity index (χ0) is 31.0. The highest BCUT2D eigenvalue weighted by atomic mass is 19.1. The predicted molar refractivity (Wildman–Crippen MR) is 163 cm³/mol. The average Bonchev–Trinajstić information content (AvgIpc) is 3.60. The van der Waals surface area contributed by atoms with E-state index in [2.05, 4.69) is 29.4 Å². The highest BCUT2D eigenvalue weighted by Gasteiger charge is 2.45. The number of hydrogen-bond donors (Lipinski definition) is 3. The van der Waals surface area contributed by atoms with E-state index in [9.17, 15) is 29.0 Å². The summed E-state index contributed by atoms with van der Waals surface area (Å²) in [4.78, 5) is 43.8. The van der Waals surface area contributed by atoms with Crippen LogP contribution in [0, 0.1) is 0 Å². The van der Waals surface area contributed by atoms with Gasteiger partial charge in [-0.15, -0.1) is 0 Å². The lowest BCUT2D eigenvalue weighted by molar-refractivity contribution is -0.136. The lowest BCUT2D eigenvalue weighted by atomic mass is 10.1. The van der Waals surface area contributed by atoms with Gasteiger partial charge in [-0.25, -0.2) is 9.18 Å². The molecule has 0 aromatic carbocycles. The van der Waals surface area contributed by atoms with E-state index in [4.69, 9.17) is 4.74 Å². The molecule has 242 valence electrons. The second kappa shape index (κ2) is 18.9. The van der Waals surface area contributed by atoms with Gasteiger partial charge >= 0.3 is 5.69 Å². The molecule has 0 bridgehead atoms. The molecule has 0 spiro atoms. The van der Waals surface area contributed by atoms with Crippen molar-refractivity contribution < 1.29 is 28.9 Å². The summed E-state index contributed by atoms with van der Waals surface area (Å²) in [6.07, 6.45) is 16.9. The Bertz CT molecular complexity index is 1080. The minimum atomic E-state index is -1.92. The highest BCUT2D eigenvalue weighted by Crippen LogP contribution is 2.30. The third-order valence-electron chi connectivity index (χ3n) is 8.36. The molecule has 1 aromatic heterocycles. The zero-order valence-corrected chi connectivity index (χ0v) is 25.7. The second-order valence-electron chi connectivity index (χ2n) is 11.8. The summed E-state index contributed by atoms with van der Waals surface area (Å²) in [6.45, 7) is 2.16. The minimum absolute atomic E-state index is 0.0181. The number of unbranched alkanes of at least 4 members (excludes halogenated alkanes) is 11. The number of alkyl halides is 1. The SMILES string of the molecule is CCCCCCCCC=CCCCCCCCC(=O)N1CCCC1C(=O)Nc1ccn(C2OC(CO)C(O)C2F)c(=O)n1. The number of anilines is 1. The predicted octanol–water partition coefficient (Wildman–Crippen LogP) is 4.80. The van der Waals surface area contributed by atoms with Gasteiger partial charge in [0, 0.05) is 19.2 Å². The van der Waals surface area contributed by atoms with Crippen LogP contribution in [0.4, 0.5) is 10.2 Å². The molecule has 3 heterocycles. The van der Waals surface area contributed by atoms with E-state index in [0.717, 1.165) is 43.1 Å². The van der Waals surface area contributed by atoms with Crippen molar-refractivity contribution in [2.45, 2.75) is 140 Å². The Hall–Kier alpha value is -2.63. The Balaban J connectivity index is 1.32. The summed E-state index contributed by atoms with van der Waals surface area (Å²) < 4.78 is 20.5. The maximum absolute atomic E-state index is 14.4. The lowest BCUT2D eigenvalue weighted by Crippen LogP contribution is -2.43. The van der Waals surface area contributed by atoms with Gasteiger partial charge in [-0.1, -0.05) is 70.4 Å². The molecule has 2 aliphatic rings. The molecule has 2 amide bonds. The topological polar surface area (TPSA) is 134 Å². The maximum Gasteiger partial charge on any atom is 0.351 e. The number of carbonyl (C=O) groups excluding carboxylic acids is 2. The molecule has 3 N–H and O–H groups in total. The van der Waals surface area contributed by atoms with Crippen molar-refractivity contribution in [2.75, 3.05) is 18.5 Å². The van der Waals surface area contributed by atoms with Gasteiger partial charge in [0.1, 0.15) is 24.1 Å².